The van der Waals surface area contributed by atoms with E-state index < -0.39 is 0 Å². The van der Waals surface area contributed by atoms with Crippen molar-refractivity contribution < 1.29 is 9.53 Å². The quantitative estimate of drug-likeness (QED) is 0.733. The number of rotatable bonds is 3. The lowest BCUT2D eigenvalue weighted by molar-refractivity contribution is 0.148. The van der Waals surface area contributed by atoms with Gasteiger partial charge in [-0.3, -0.25) is 4.90 Å². The molecule has 0 aliphatic heterocycles. The van der Waals surface area contributed by atoms with Crippen LogP contribution in [0.15, 0.2) is 60.8 Å². The van der Waals surface area contributed by atoms with Crippen LogP contribution in [0, 0.1) is 0 Å². The van der Waals surface area contributed by atoms with Crippen molar-refractivity contribution in [2.75, 3.05) is 11.9 Å². The number of aryl methyl sites for hydroxylation is 1. The van der Waals surface area contributed by atoms with Crippen molar-refractivity contribution in [3.05, 3.63) is 66.4 Å². The molecule has 0 saturated heterocycles. The molecular weight excluding hydrogens is 276 g/mol. The minimum atomic E-state index is -0.364. The summed E-state index contributed by atoms with van der Waals surface area (Å²) < 4.78 is 7.38. The number of benzene rings is 2. The molecule has 0 atom stereocenters. The van der Waals surface area contributed by atoms with Crippen LogP contribution in [0.1, 0.15) is 5.56 Å². The van der Waals surface area contributed by atoms with Gasteiger partial charge in [-0.1, -0.05) is 36.4 Å². The number of amides is 1. The van der Waals surface area contributed by atoms with Gasteiger partial charge in [-0.05, 0) is 29.1 Å². The van der Waals surface area contributed by atoms with E-state index >= 15 is 0 Å². The molecule has 22 heavy (non-hydrogen) atoms. The fourth-order valence-corrected chi connectivity index (χ4v) is 2.38. The lowest BCUT2D eigenvalue weighted by atomic mass is 10.2. The molecule has 0 aliphatic carbocycles. The zero-order chi connectivity index (χ0) is 15.5. The van der Waals surface area contributed by atoms with Gasteiger partial charge in [0.15, 0.2) is 0 Å². The van der Waals surface area contributed by atoms with Gasteiger partial charge >= 0.3 is 6.09 Å². The molecule has 0 aliphatic rings. The van der Waals surface area contributed by atoms with E-state index in [0.717, 1.165) is 22.2 Å². The van der Waals surface area contributed by atoms with Gasteiger partial charge in [-0.15, -0.1) is 0 Å². The fraction of sp³-hybridized carbons (Fsp3) is 0.167. The first kappa shape index (κ1) is 14.2. The highest BCUT2D eigenvalue weighted by atomic mass is 16.6. The molecule has 1 heterocycles. The van der Waals surface area contributed by atoms with E-state index in [-0.39, 0.29) is 12.7 Å². The highest BCUT2D eigenvalue weighted by molar-refractivity contribution is 5.91. The van der Waals surface area contributed by atoms with Crippen molar-refractivity contribution >= 4 is 22.7 Å². The third-order valence-electron chi connectivity index (χ3n) is 3.74. The maximum atomic E-state index is 12.2. The van der Waals surface area contributed by atoms with Crippen molar-refractivity contribution in [1.29, 1.82) is 0 Å². The number of hydrogen-bond acceptors (Lipinski definition) is 2. The van der Waals surface area contributed by atoms with Crippen LogP contribution in [0.25, 0.3) is 10.9 Å². The van der Waals surface area contributed by atoms with Crippen LogP contribution < -0.4 is 4.90 Å². The Bertz CT molecular complexity index is 793. The average Bonchev–Trinajstić information content (AvgIpc) is 2.93. The van der Waals surface area contributed by atoms with Crippen LogP contribution in [0.5, 0.6) is 0 Å². The number of hydrogen-bond donors (Lipinski definition) is 0. The van der Waals surface area contributed by atoms with E-state index in [9.17, 15) is 4.79 Å². The van der Waals surface area contributed by atoms with Crippen LogP contribution in [0.2, 0.25) is 0 Å². The summed E-state index contributed by atoms with van der Waals surface area (Å²) in [5.41, 5.74) is 2.87. The molecule has 1 amide bonds. The molecule has 112 valence electrons. The molecule has 0 fully saturated rings. The Morgan fingerprint density at radius 1 is 1.14 bits per heavy atom. The number of aromatic nitrogens is 1. The highest BCUT2D eigenvalue weighted by Gasteiger charge is 2.13. The molecule has 0 bridgehead atoms. The van der Waals surface area contributed by atoms with Gasteiger partial charge in [0, 0.05) is 31.5 Å². The molecule has 4 nitrogen and oxygen atoms in total. The highest BCUT2D eigenvalue weighted by Crippen LogP contribution is 2.22. The standard InChI is InChI=1S/C18H18N2O2/c1-19-11-10-15-8-9-16(12-17(15)19)20(2)18(21)22-13-14-6-4-3-5-7-14/h3-12H,13H2,1-2H3. The lowest BCUT2D eigenvalue weighted by Gasteiger charge is -2.17. The lowest BCUT2D eigenvalue weighted by Crippen LogP contribution is -2.26. The summed E-state index contributed by atoms with van der Waals surface area (Å²) in [7, 11) is 3.71. The number of fused-ring (bicyclic) bond motifs is 1. The second-order valence-corrected chi connectivity index (χ2v) is 5.27. The summed E-state index contributed by atoms with van der Waals surface area (Å²) in [5.74, 6) is 0. The Balaban J connectivity index is 1.72. The van der Waals surface area contributed by atoms with E-state index in [1.54, 1.807) is 7.05 Å². The van der Waals surface area contributed by atoms with Gasteiger partial charge in [0.05, 0.1) is 0 Å². The van der Waals surface area contributed by atoms with Crippen molar-refractivity contribution in [3.8, 4) is 0 Å². The molecular formula is C18H18N2O2. The van der Waals surface area contributed by atoms with Crippen LogP contribution in [0.3, 0.4) is 0 Å². The fourth-order valence-electron chi connectivity index (χ4n) is 2.38. The second-order valence-electron chi connectivity index (χ2n) is 5.27. The summed E-state index contributed by atoms with van der Waals surface area (Å²) in [5, 5.41) is 1.15. The van der Waals surface area contributed by atoms with Gasteiger partial charge in [0.1, 0.15) is 6.61 Å². The van der Waals surface area contributed by atoms with E-state index in [4.69, 9.17) is 4.74 Å². The summed E-state index contributed by atoms with van der Waals surface area (Å²) >= 11 is 0. The first-order valence-electron chi connectivity index (χ1n) is 7.14. The summed E-state index contributed by atoms with van der Waals surface area (Å²) in [4.78, 5) is 13.7. The number of nitrogens with zero attached hydrogens (tertiary/aromatic N) is 2. The van der Waals surface area contributed by atoms with Gasteiger partial charge in [0.25, 0.3) is 0 Å². The molecule has 0 spiro atoms. The van der Waals surface area contributed by atoms with E-state index in [1.165, 1.54) is 4.90 Å². The van der Waals surface area contributed by atoms with E-state index in [0.29, 0.717) is 0 Å². The smallest absolute Gasteiger partial charge is 0.414 e. The third kappa shape index (κ3) is 2.81. The van der Waals surface area contributed by atoms with Crippen LogP contribution in [0.4, 0.5) is 10.5 Å². The predicted molar refractivity (Wildman–Crippen MR) is 87.9 cm³/mol. The van der Waals surface area contributed by atoms with Crippen LogP contribution in [-0.4, -0.2) is 17.7 Å². The van der Waals surface area contributed by atoms with Crippen LogP contribution in [-0.2, 0) is 18.4 Å². The molecule has 3 rings (SSSR count). The summed E-state index contributed by atoms with van der Waals surface area (Å²) in [6.07, 6.45) is 1.64. The third-order valence-corrected chi connectivity index (χ3v) is 3.74. The van der Waals surface area contributed by atoms with Crippen molar-refractivity contribution in [2.24, 2.45) is 7.05 Å². The number of carbonyl (C=O) groups excluding carboxylic acids is 1. The zero-order valence-corrected chi connectivity index (χ0v) is 12.7. The van der Waals surface area contributed by atoms with Gasteiger partial charge in [0.2, 0.25) is 0 Å². The first-order chi connectivity index (χ1) is 10.6. The largest absolute Gasteiger partial charge is 0.444 e. The molecule has 2 aromatic carbocycles. The normalized spacial score (nSPS) is 10.6. The van der Waals surface area contributed by atoms with Crippen molar-refractivity contribution in [1.82, 2.24) is 4.57 Å². The van der Waals surface area contributed by atoms with Gasteiger partial charge in [-0.25, -0.2) is 4.79 Å². The molecule has 1 aromatic heterocycles. The SMILES string of the molecule is CN(C(=O)OCc1ccccc1)c1ccc2ccn(C)c2c1. The zero-order valence-electron chi connectivity index (χ0n) is 12.7. The number of ether oxygens (including phenoxy) is 1. The minimum absolute atomic E-state index is 0.274. The minimum Gasteiger partial charge on any atom is -0.444 e. The Labute approximate surface area is 129 Å². The Morgan fingerprint density at radius 2 is 1.91 bits per heavy atom. The molecule has 0 unspecified atom stereocenters. The molecule has 0 radical (unpaired) electrons. The Kier molecular flexibility index (Phi) is 3.83. The van der Waals surface area contributed by atoms with Gasteiger partial charge in [-0.2, -0.15) is 0 Å². The van der Waals surface area contributed by atoms with Gasteiger partial charge < -0.3 is 9.30 Å². The topological polar surface area (TPSA) is 34.5 Å². The van der Waals surface area contributed by atoms with Crippen LogP contribution >= 0.6 is 0 Å². The van der Waals surface area contributed by atoms with E-state index in [1.807, 2.05) is 72.4 Å². The average molecular weight is 294 g/mol. The monoisotopic (exact) mass is 294 g/mol. The summed E-state index contributed by atoms with van der Waals surface area (Å²) in [6, 6.07) is 17.6. The second kappa shape index (κ2) is 5.93. The Morgan fingerprint density at radius 3 is 2.68 bits per heavy atom. The maximum Gasteiger partial charge on any atom is 0.414 e. The first-order valence-corrected chi connectivity index (χ1v) is 7.14. The number of carbonyl (C=O) groups is 1. The Hall–Kier alpha value is -2.75. The summed E-state index contributed by atoms with van der Waals surface area (Å²) in [6.45, 7) is 0.274. The van der Waals surface area contributed by atoms with E-state index in [2.05, 4.69) is 0 Å². The predicted octanol–water partition coefficient (Wildman–Crippen LogP) is 3.95. The molecule has 0 saturated carbocycles. The van der Waals surface area contributed by atoms with Crippen molar-refractivity contribution in [3.63, 3.8) is 0 Å². The van der Waals surface area contributed by atoms with Crippen molar-refractivity contribution in [2.45, 2.75) is 6.61 Å². The molecule has 4 heteroatoms. The maximum absolute atomic E-state index is 12.2. The molecule has 0 N–H and O–H groups in total. The number of anilines is 1. The molecule has 3 aromatic rings.